The lowest BCUT2D eigenvalue weighted by Crippen LogP contribution is -2.42. The molecular formula is C15H20N2O. The van der Waals surface area contributed by atoms with Gasteiger partial charge in [-0.05, 0) is 36.8 Å². The van der Waals surface area contributed by atoms with E-state index in [-0.39, 0.29) is 0 Å². The first-order valence-electron chi connectivity index (χ1n) is 7.03. The van der Waals surface area contributed by atoms with Crippen LogP contribution in [0.4, 0.5) is 5.82 Å². The van der Waals surface area contributed by atoms with Crippen LogP contribution in [0.3, 0.4) is 0 Å². The van der Waals surface area contributed by atoms with Crippen LogP contribution in [0.5, 0.6) is 0 Å². The van der Waals surface area contributed by atoms with Crippen LogP contribution in [0.1, 0.15) is 42.5 Å². The molecule has 0 bridgehead atoms. The van der Waals surface area contributed by atoms with Crippen LogP contribution in [0.15, 0.2) is 18.3 Å². The fourth-order valence-corrected chi connectivity index (χ4v) is 3.56. The molecule has 1 aliphatic carbocycles. The zero-order chi connectivity index (χ0) is 12.4. The highest BCUT2D eigenvalue weighted by Crippen LogP contribution is 2.37. The Labute approximate surface area is 108 Å². The number of hydrogen-bond donors (Lipinski definition) is 0. The second-order valence-electron chi connectivity index (χ2n) is 5.57. The third-order valence-corrected chi connectivity index (χ3v) is 4.53. The van der Waals surface area contributed by atoms with E-state index in [1.807, 2.05) is 12.1 Å². The molecule has 3 nitrogen and oxygen atoms in total. The zero-order valence-electron chi connectivity index (χ0n) is 10.7. The lowest BCUT2D eigenvalue weighted by Gasteiger charge is -2.42. The summed E-state index contributed by atoms with van der Waals surface area (Å²) in [5, 5.41) is 0. The van der Waals surface area contributed by atoms with E-state index >= 15 is 0 Å². The number of rotatable bonds is 2. The van der Waals surface area contributed by atoms with Gasteiger partial charge in [-0.15, -0.1) is 0 Å². The minimum Gasteiger partial charge on any atom is -0.356 e. The first-order valence-corrected chi connectivity index (χ1v) is 7.03. The summed E-state index contributed by atoms with van der Waals surface area (Å²) in [6, 6.07) is 3.70. The van der Waals surface area contributed by atoms with E-state index < -0.39 is 0 Å². The van der Waals surface area contributed by atoms with Crippen LogP contribution in [0.2, 0.25) is 0 Å². The Hall–Kier alpha value is -1.38. The summed E-state index contributed by atoms with van der Waals surface area (Å²) in [6.45, 7) is 2.14. The Morgan fingerprint density at radius 2 is 2.06 bits per heavy atom. The molecule has 2 atom stereocenters. The molecule has 3 heteroatoms. The van der Waals surface area contributed by atoms with E-state index in [9.17, 15) is 4.79 Å². The van der Waals surface area contributed by atoms with Crippen LogP contribution < -0.4 is 4.90 Å². The van der Waals surface area contributed by atoms with Crippen molar-refractivity contribution in [3.8, 4) is 0 Å². The van der Waals surface area contributed by atoms with Crippen molar-refractivity contribution in [3.63, 3.8) is 0 Å². The van der Waals surface area contributed by atoms with Crippen molar-refractivity contribution in [1.82, 2.24) is 4.98 Å². The number of pyridine rings is 1. The number of carbonyl (C=O) groups excluding carboxylic acids is 1. The predicted octanol–water partition coefficient (Wildman–Crippen LogP) is 2.91. The Balaban J connectivity index is 1.79. The van der Waals surface area contributed by atoms with E-state index in [1.54, 1.807) is 6.20 Å². The molecule has 0 aromatic carbocycles. The normalized spacial score (nSPS) is 27.7. The Bertz CT molecular complexity index is 432. The molecule has 2 aliphatic rings. The molecule has 1 aliphatic heterocycles. The van der Waals surface area contributed by atoms with Crippen molar-refractivity contribution in [3.05, 3.63) is 23.9 Å². The number of aromatic nitrogens is 1. The summed E-state index contributed by atoms with van der Waals surface area (Å²) in [4.78, 5) is 17.8. The van der Waals surface area contributed by atoms with Gasteiger partial charge < -0.3 is 4.90 Å². The van der Waals surface area contributed by atoms with Crippen LogP contribution >= 0.6 is 0 Å². The maximum absolute atomic E-state index is 11.1. The second-order valence-corrected chi connectivity index (χ2v) is 5.57. The van der Waals surface area contributed by atoms with Gasteiger partial charge in [-0.25, -0.2) is 4.98 Å². The molecule has 1 aromatic heterocycles. The van der Waals surface area contributed by atoms with Gasteiger partial charge in [0.25, 0.3) is 0 Å². The molecule has 1 aromatic rings. The average Bonchev–Trinajstić information content (AvgIpc) is 2.46. The summed E-state index contributed by atoms with van der Waals surface area (Å²) in [6.07, 6.45) is 9.51. The standard InChI is InChI=1S/C15H20N2O/c18-11-14-6-3-8-16-15(14)17-9-7-12-4-1-2-5-13(12)10-17/h3,6,8,11-13H,1-2,4-5,7,9-10H2. The lowest BCUT2D eigenvalue weighted by atomic mass is 9.75. The van der Waals surface area contributed by atoms with Crippen molar-refractivity contribution in [2.75, 3.05) is 18.0 Å². The molecule has 2 fully saturated rings. The van der Waals surface area contributed by atoms with Crippen LogP contribution in [0.25, 0.3) is 0 Å². The number of piperidine rings is 1. The van der Waals surface area contributed by atoms with Crippen molar-refractivity contribution in [1.29, 1.82) is 0 Å². The molecule has 2 unspecified atom stereocenters. The van der Waals surface area contributed by atoms with Gasteiger partial charge in [0, 0.05) is 19.3 Å². The van der Waals surface area contributed by atoms with Crippen molar-refractivity contribution in [2.24, 2.45) is 11.8 Å². The van der Waals surface area contributed by atoms with Gasteiger partial charge >= 0.3 is 0 Å². The first kappa shape index (κ1) is 11.7. The molecule has 0 amide bonds. The smallest absolute Gasteiger partial charge is 0.153 e. The molecule has 0 N–H and O–H groups in total. The first-order chi connectivity index (χ1) is 8.88. The zero-order valence-corrected chi connectivity index (χ0v) is 10.7. The predicted molar refractivity (Wildman–Crippen MR) is 71.9 cm³/mol. The van der Waals surface area contributed by atoms with Crippen LogP contribution in [-0.2, 0) is 0 Å². The maximum Gasteiger partial charge on any atom is 0.153 e. The average molecular weight is 244 g/mol. The number of fused-ring (bicyclic) bond motifs is 1. The van der Waals surface area contributed by atoms with Crippen molar-refractivity contribution < 1.29 is 4.79 Å². The summed E-state index contributed by atoms with van der Waals surface area (Å²) >= 11 is 0. The van der Waals surface area contributed by atoms with Crippen molar-refractivity contribution in [2.45, 2.75) is 32.1 Å². The van der Waals surface area contributed by atoms with E-state index in [1.165, 1.54) is 32.1 Å². The second kappa shape index (κ2) is 5.09. The molecule has 96 valence electrons. The fourth-order valence-electron chi connectivity index (χ4n) is 3.56. The molecule has 0 radical (unpaired) electrons. The highest BCUT2D eigenvalue weighted by atomic mass is 16.1. The van der Waals surface area contributed by atoms with E-state index in [0.717, 1.165) is 42.6 Å². The van der Waals surface area contributed by atoms with Gasteiger partial charge in [0.05, 0.1) is 5.56 Å². The minimum atomic E-state index is 0.728. The highest BCUT2D eigenvalue weighted by molar-refractivity contribution is 5.82. The molecule has 1 saturated heterocycles. The van der Waals surface area contributed by atoms with E-state index in [4.69, 9.17) is 0 Å². The minimum absolute atomic E-state index is 0.728. The van der Waals surface area contributed by atoms with Gasteiger partial charge in [0.2, 0.25) is 0 Å². The largest absolute Gasteiger partial charge is 0.356 e. The number of aldehydes is 1. The van der Waals surface area contributed by atoms with E-state index in [2.05, 4.69) is 9.88 Å². The quantitative estimate of drug-likeness (QED) is 0.750. The van der Waals surface area contributed by atoms with Crippen molar-refractivity contribution >= 4 is 12.1 Å². The molecule has 18 heavy (non-hydrogen) atoms. The fraction of sp³-hybridized carbons (Fsp3) is 0.600. The van der Waals surface area contributed by atoms with Crippen LogP contribution in [0, 0.1) is 11.8 Å². The molecule has 3 rings (SSSR count). The van der Waals surface area contributed by atoms with Gasteiger partial charge in [-0.2, -0.15) is 0 Å². The SMILES string of the molecule is O=Cc1cccnc1N1CCC2CCCCC2C1. The molecular weight excluding hydrogens is 224 g/mol. The third-order valence-electron chi connectivity index (χ3n) is 4.53. The Kier molecular flexibility index (Phi) is 3.31. The number of carbonyl (C=O) groups is 1. The summed E-state index contributed by atoms with van der Waals surface area (Å²) in [5.41, 5.74) is 0.728. The van der Waals surface area contributed by atoms with Crippen LogP contribution in [-0.4, -0.2) is 24.4 Å². The third kappa shape index (κ3) is 2.14. The van der Waals surface area contributed by atoms with E-state index in [0.29, 0.717) is 0 Å². The van der Waals surface area contributed by atoms with Gasteiger partial charge in [-0.1, -0.05) is 19.3 Å². The monoisotopic (exact) mass is 244 g/mol. The number of hydrogen-bond acceptors (Lipinski definition) is 3. The Morgan fingerprint density at radius 3 is 2.89 bits per heavy atom. The topological polar surface area (TPSA) is 33.2 Å². The summed E-state index contributed by atoms with van der Waals surface area (Å²) in [7, 11) is 0. The maximum atomic E-state index is 11.1. The number of nitrogens with zero attached hydrogens (tertiary/aromatic N) is 2. The summed E-state index contributed by atoms with van der Waals surface area (Å²) in [5.74, 6) is 2.61. The van der Waals surface area contributed by atoms with Gasteiger partial charge in [-0.3, -0.25) is 4.79 Å². The number of anilines is 1. The van der Waals surface area contributed by atoms with Gasteiger partial charge in [0.15, 0.2) is 6.29 Å². The molecule has 2 heterocycles. The van der Waals surface area contributed by atoms with Gasteiger partial charge in [0.1, 0.15) is 5.82 Å². The lowest BCUT2D eigenvalue weighted by molar-refractivity contribution is 0.112. The highest BCUT2D eigenvalue weighted by Gasteiger charge is 2.32. The molecule has 1 saturated carbocycles. The summed E-state index contributed by atoms with van der Waals surface area (Å²) < 4.78 is 0. The Morgan fingerprint density at radius 1 is 1.22 bits per heavy atom. The molecule has 0 spiro atoms.